The zero-order valence-corrected chi connectivity index (χ0v) is 18.6. The van der Waals surface area contributed by atoms with Crippen LogP contribution in [-0.4, -0.2) is 43.3 Å². The van der Waals surface area contributed by atoms with E-state index in [-0.39, 0.29) is 30.5 Å². The van der Waals surface area contributed by atoms with E-state index in [9.17, 15) is 14.4 Å². The average Bonchev–Trinajstić information content (AvgIpc) is 3.18. The van der Waals surface area contributed by atoms with Crippen molar-refractivity contribution < 1.29 is 24.2 Å². The molecule has 3 aromatic carbocycles. The minimum absolute atomic E-state index is 0.0172. The molecule has 0 radical (unpaired) electrons. The Balaban J connectivity index is 1.27. The monoisotopic (exact) mass is 456 g/mol. The van der Waals surface area contributed by atoms with Crippen LogP contribution in [0.4, 0.5) is 10.5 Å². The van der Waals surface area contributed by atoms with Gasteiger partial charge in [0, 0.05) is 31.3 Å². The SMILES string of the molecule is CN(C(=O)/C=C/CNC(=O)OCC1c2ccccc2-c2ccccc21)c1ccc(C(=O)O)cc1. The molecule has 0 aromatic heterocycles. The predicted molar refractivity (Wildman–Crippen MR) is 129 cm³/mol. The van der Waals surface area contributed by atoms with Gasteiger partial charge in [-0.05, 0) is 46.5 Å². The molecule has 2 amide bonds. The molecule has 1 aliphatic rings. The van der Waals surface area contributed by atoms with E-state index in [1.54, 1.807) is 19.2 Å². The van der Waals surface area contributed by atoms with E-state index in [0.29, 0.717) is 5.69 Å². The third-order valence-corrected chi connectivity index (χ3v) is 5.80. The molecule has 0 atom stereocenters. The molecule has 1 aliphatic carbocycles. The predicted octanol–water partition coefficient (Wildman–Crippen LogP) is 4.44. The zero-order valence-electron chi connectivity index (χ0n) is 18.6. The van der Waals surface area contributed by atoms with Crippen molar-refractivity contribution in [3.05, 3.63) is 102 Å². The normalized spacial score (nSPS) is 12.1. The van der Waals surface area contributed by atoms with Gasteiger partial charge in [0.05, 0.1) is 5.56 Å². The van der Waals surface area contributed by atoms with Gasteiger partial charge in [0.2, 0.25) is 5.91 Å². The number of carbonyl (C=O) groups is 3. The van der Waals surface area contributed by atoms with E-state index >= 15 is 0 Å². The van der Waals surface area contributed by atoms with Crippen molar-refractivity contribution in [2.75, 3.05) is 25.1 Å². The quantitative estimate of drug-likeness (QED) is 0.513. The van der Waals surface area contributed by atoms with Gasteiger partial charge in [-0.1, -0.05) is 54.6 Å². The molecular weight excluding hydrogens is 432 g/mol. The number of carboxylic acid groups (broad SMARTS) is 1. The van der Waals surface area contributed by atoms with Gasteiger partial charge in [-0.25, -0.2) is 9.59 Å². The molecule has 0 saturated carbocycles. The first-order valence-corrected chi connectivity index (χ1v) is 10.8. The second kappa shape index (κ2) is 10.0. The molecule has 0 spiro atoms. The molecule has 0 saturated heterocycles. The van der Waals surface area contributed by atoms with Crippen LogP contribution in [0.25, 0.3) is 11.1 Å². The summed E-state index contributed by atoms with van der Waals surface area (Å²) in [6.07, 6.45) is 2.32. The number of nitrogens with one attached hydrogen (secondary N) is 1. The number of fused-ring (bicyclic) bond motifs is 3. The third-order valence-electron chi connectivity index (χ3n) is 5.80. The van der Waals surface area contributed by atoms with Gasteiger partial charge in [0.25, 0.3) is 0 Å². The summed E-state index contributed by atoms with van der Waals surface area (Å²) < 4.78 is 5.47. The fourth-order valence-corrected chi connectivity index (χ4v) is 4.02. The second-order valence-corrected chi connectivity index (χ2v) is 7.86. The summed E-state index contributed by atoms with van der Waals surface area (Å²) in [5.41, 5.74) is 5.31. The zero-order chi connectivity index (χ0) is 24.1. The van der Waals surface area contributed by atoms with Crippen molar-refractivity contribution >= 4 is 23.7 Å². The van der Waals surface area contributed by atoms with Gasteiger partial charge >= 0.3 is 12.1 Å². The molecule has 34 heavy (non-hydrogen) atoms. The van der Waals surface area contributed by atoms with Crippen LogP contribution in [0.1, 0.15) is 27.4 Å². The highest BCUT2D eigenvalue weighted by molar-refractivity contribution is 6.01. The lowest BCUT2D eigenvalue weighted by Gasteiger charge is -2.15. The number of hydrogen-bond donors (Lipinski definition) is 2. The number of rotatable bonds is 7. The summed E-state index contributed by atoms with van der Waals surface area (Å²) in [6.45, 7) is 0.353. The van der Waals surface area contributed by atoms with Crippen LogP contribution >= 0.6 is 0 Å². The number of ether oxygens (including phenoxy) is 1. The Hall–Kier alpha value is -4.39. The van der Waals surface area contributed by atoms with Crippen molar-refractivity contribution in [2.24, 2.45) is 0 Å². The molecule has 3 aromatic rings. The molecule has 172 valence electrons. The van der Waals surface area contributed by atoms with Crippen molar-refractivity contribution in [1.82, 2.24) is 5.32 Å². The maximum atomic E-state index is 12.3. The standard InChI is InChI=1S/C27H24N2O5/c1-29(19-14-12-18(13-15-19)26(31)32)25(30)11-6-16-28-27(33)34-17-24-22-9-4-2-7-20(22)21-8-3-5-10-23(21)24/h2-15,24H,16-17H2,1H3,(H,28,33)(H,31,32)/b11-6+. The minimum Gasteiger partial charge on any atom is -0.478 e. The fourth-order valence-electron chi connectivity index (χ4n) is 4.02. The van der Waals surface area contributed by atoms with Gasteiger partial charge < -0.3 is 20.1 Å². The van der Waals surface area contributed by atoms with Gasteiger partial charge in [0.15, 0.2) is 0 Å². The van der Waals surface area contributed by atoms with Crippen molar-refractivity contribution in [3.63, 3.8) is 0 Å². The molecule has 4 rings (SSSR count). The van der Waals surface area contributed by atoms with Crippen LogP contribution in [0.3, 0.4) is 0 Å². The van der Waals surface area contributed by atoms with E-state index < -0.39 is 12.1 Å². The topological polar surface area (TPSA) is 95.9 Å². The number of carbonyl (C=O) groups excluding carboxylic acids is 2. The number of aromatic carboxylic acids is 1. The van der Waals surface area contributed by atoms with Crippen molar-refractivity contribution in [2.45, 2.75) is 5.92 Å². The van der Waals surface area contributed by atoms with Crippen molar-refractivity contribution in [1.29, 1.82) is 0 Å². The molecular formula is C27H24N2O5. The maximum Gasteiger partial charge on any atom is 0.407 e. The van der Waals surface area contributed by atoms with Crippen LogP contribution < -0.4 is 10.2 Å². The molecule has 7 nitrogen and oxygen atoms in total. The summed E-state index contributed by atoms with van der Waals surface area (Å²) in [7, 11) is 1.58. The average molecular weight is 456 g/mol. The lowest BCUT2D eigenvalue weighted by atomic mass is 9.98. The first kappa shape index (κ1) is 22.8. The number of anilines is 1. The molecule has 2 N–H and O–H groups in total. The van der Waals surface area contributed by atoms with Crippen LogP contribution in [0.15, 0.2) is 84.9 Å². The summed E-state index contributed by atoms with van der Waals surface area (Å²) in [6, 6.07) is 22.2. The number of carboxylic acids is 1. The first-order valence-electron chi connectivity index (χ1n) is 10.8. The summed E-state index contributed by atoms with van der Waals surface area (Å²) in [5, 5.41) is 11.6. The smallest absolute Gasteiger partial charge is 0.407 e. The number of likely N-dealkylation sites (N-methyl/N-ethyl adjacent to an activating group) is 1. The Morgan fingerprint density at radius 1 is 0.941 bits per heavy atom. The highest BCUT2D eigenvalue weighted by Crippen LogP contribution is 2.44. The Morgan fingerprint density at radius 3 is 2.12 bits per heavy atom. The Bertz CT molecular complexity index is 1200. The number of nitrogens with zero attached hydrogens (tertiary/aromatic N) is 1. The molecule has 0 aliphatic heterocycles. The maximum absolute atomic E-state index is 12.3. The second-order valence-electron chi connectivity index (χ2n) is 7.86. The number of hydrogen-bond acceptors (Lipinski definition) is 4. The first-order chi connectivity index (χ1) is 16.5. The highest BCUT2D eigenvalue weighted by Gasteiger charge is 2.28. The Morgan fingerprint density at radius 2 is 1.53 bits per heavy atom. The van der Waals surface area contributed by atoms with Gasteiger partial charge in [-0.2, -0.15) is 0 Å². The summed E-state index contributed by atoms with van der Waals surface area (Å²) in [4.78, 5) is 36.8. The number of benzene rings is 3. The lowest BCUT2D eigenvalue weighted by molar-refractivity contribution is -0.113. The number of alkyl carbamates (subject to hydrolysis) is 1. The Labute approximate surface area is 197 Å². The highest BCUT2D eigenvalue weighted by atomic mass is 16.5. The van der Waals surface area contributed by atoms with Crippen LogP contribution in [-0.2, 0) is 9.53 Å². The van der Waals surface area contributed by atoms with Crippen LogP contribution in [0, 0.1) is 0 Å². The fraction of sp³-hybridized carbons (Fsp3) is 0.148. The van der Waals surface area contributed by atoms with E-state index in [2.05, 4.69) is 29.6 Å². The third kappa shape index (κ3) is 4.83. The van der Waals surface area contributed by atoms with Gasteiger partial charge in [-0.15, -0.1) is 0 Å². The van der Waals surface area contributed by atoms with Gasteiger partial charge in [0.1, 0.15) is 6.61 Å². The van der Waals surface area contributed by atoms with Gasteiger partial charge in [-0.3, -0.25) is 4.79 Å². The minimum atomic E-state index is -1.03. The molecule has 0 bridgehead atoms. The van der Waals surface area contributed by atoms with Crippen LogP contribution in [0.2, 0.25) is 0 Å². The van der Waals surface area contributed by atoms with Crippen LogP contribution in [0.5, 0.6) is 0 Å². The van der Waals surface area contributed by atoms with E-state index in [4.69, 9.17) is 9.84 Å². The summed E-state index contributed by atoms with van der Waals surface area (Å²) >= 11 is 0. The Kier molecular flexibility index (Phi) is 6.73. The molecule has 7 heteroatoms. The van der Waals surface area contributed by atoms with E-state index in [1.807, 2.05) is 24.3 Å². The lowest BCUT2D eigenvalue weighted by Crippen LogP contribution is -2.27. The largest absolute Gasteiger partial charge is 0.478 e. The molecule has 0 unspecified atom stereocenters. The van der Waals surface area contributed by atoms with E-state index in [0.717, 1.165) is 22.3 Å². The number of amides is 2. The summed E-state index contributed by atoms with van der Waals surface area (Å²) in [5.74, 6) is -1.35. The molecule has 0 heterocycles. The van der Waals surface area contributed by atoms with E-state index in [1.165, 1.54) is 29.2 Å². The van der Waals surface area contributed by atoms with Crippen molar-refractivity contribution in [3.8, 4) is 11.1 Å². The molecule has 0 fully saturated rings.